The second-order valence-electron chi connectivity index (χ2n) is 6.48. The van der Waals surface area contributed by atoms with Crippen LogP contribution in [0.4, 0.5) is 0 Å². The van der Waals surface area contributed by atoms with E-state index in [9.17, 15) is 0 Å². The van der Waals surface area contributed by atoms with Gasteiger partial charge in [0, 0.05) is 23.5 Å². The molecule has 1 aromatic heterocycles. The minimum Gasteiger partial charge on any atom is -0.308 e. The highest BCUT2D eigenvalue weighted by molar-refractivity contribution is 7.09. The van der Waals surface area contributed by atoms with E-state index in [-0.39, 0.29) is 0 Å². The van der Waals surface area contributed by atoms with Crippen LogP contribution in [0, 0.1) is 5.41 Å². The summed E-state index contributed by atoms with van der Waals surface area (Å²) in [6.45, 7) is 5.63. The first-order valence-electron chi connectivity index (χ1n) is 7.36. The van der Waals surface area contributed by atoms with Crippen molar-refractivity contribution in [3.8, 4) is 11.3 Å². The summed E-state index contributed by atoms with van der Waals surface area (Å²) in [5, 5.41) is 7.01. The number of nitrogens with zero attached hydrogens (tertiary/aromatic N) is 1. The largest absolute Gasteiger partial charge is 0.308 e. The fourth-order valence-corrected chi connectivity index (χ4v) is 3.73. The molecule has 1 aromatic carbocycles. The smallest absolute Gasteiger partial charge is 0.107 e. The van der Waals surface area contributed by atoms with Crippen LogP contribution in [0.15, 0.2) is 35.7 Å². The van der Waals surface area contributed by atoms with Crippen molar-refractivity contribution in [3.63, 3.8) is 0 Å². The van der Waals surface area contributed by atoms with Gasteiger partial charge in [0.25, 0.3) is 0 Å². The zero-order chi connectivity index (χ0) is 14.0. The highest BCUT2D eigenvalue weighted by Gasteiger charge is 2.30. The summed E-state index contributed by atoms with van der Waals surface area (Å²) in [4.78, 5) is 4.73. The summed E-state index contributed by atoms with van der Waals surface area (Å²) in [7, 11) is 0. The van der Waals surface area contributed by atoms with Gasteiger partial charge in [0.15, 0.2) is 0 Å². The minimum atomic E-state index is 0.510. The first kappa shape index (κ1) is 13.8. The van der Waals surface area contributed by atoms with E-state index in [1.165, 1.54) is 29.8 Å². The second kappa shape index (κ2) is 5.66. The SMILES string of the molecule is CC1(C)CCC(NCc2nc(-c3ccccc3)cs2)C1. The van der Waals surface area contributed by atoms with Gasteiger partial charge in [-0.3, -0.25) is 0 Å². The van der Waals surface area contributed by atoms with Gasteiger partial charge in [0.05, 0.1) is 5.69 Å². The molecular weight excluding hydrogens is 264 g/mol. The molecule has 20 heavy (non-hydrogen) atoms. The van der Waals surface area contributed by atoms with Crippen LogP contribution in [0.3, 0.4) is 0 Å². The summed E-state index contributed by atoms with van der Waals surface area (Å²) in [6, 6.07) is 11.1. The van der Waals surface area contributed by atoms with Gasteiger partial charge in [-0.2, -0.15) is 0 Å². The first-order valence-corrected chi connectivity index (χ1v) is 8.24. The molecule has 2 aromatic rings. The number of benzene rings is 1. The Morgan fingerprint density at radius 1 is 1.30 bits per heavy atom. The van der Waals surface area contributed by atoms with Gasteiger partial charge in [0.1, 0.15) is 5.01 Å². The Morgan fingerprint density at radius 3 is 2.80 bits per heavy atom. The lowest BCUT2D eigenvalue weighted by atomic mass is 9.92. The van der Waals surface area contributed by atoms with Crippen LogP contribution in [0.1, 0.15) is 38.1 Å². The van der Waals surface area contributed by atoms with Crippen molar-refractivity contribution in [2.75, 3.05) is 0 Å². The van der Waals surface area contributed by atoms with Crippen molar-refractivity contribution >= 4 is 11.3 Å². The predicted octanol–water partition coefficient (Wildman–Crippen LogP) is 4.48. The van der Waals surface area contributed by atoms with Gasteiger partial charge in [-0.25, -0.2) is 4.98 Å². The van der Waals surface area contributed by atoms with E-state index in [0.29, 0.717) is 11.5 Å². The van der Waals surface area contributed by atoms with Crippen LogP contribution < -0.4 is 5.32 Å². The number of thiazole rings is 1. The van der Waals surface area contributed by atoms with Crippen molar-refractivity contribution in [3.05, 3.63) is 40.7 Å². The third-order valence-corrected chi connectivity index (χ3v) is 4.98. The average Bonchev–Trinajstić information content (AvgIpc) is 3.04. The summed E-state index contributed by atoms with van der Waals surface area (Å²) >= 11 is 1.75. The van der Waals surface area contributed by atoms with Gasteiger partial charge in [-0.05, 0) is 24.7 Å². The molecule has 1 aliphatic carbocycles. The van der Waals surface area contributed by atoms with Crippen molar-refractivity contribution in [2.45, 2.75) is 45.7 Å². The minimum absolute atomic E-state index is 0.510. The second-order valence-corrected chi connectivity index (χ2v) is 7.42. The van der Waals surface area contributed by atoms with Crippen LogP contribution in [-0.2, 0) is 6.54 Å². The Balaban J connectivity index is 1.58. The Morgan fingerprint density at radius 2 is 2.10 bits per heavy atom. The van der Waals surface area contributed by atoms with E-state index in [2.05, 4.69) is 48.8 Å². The average molecular weight is 286 g/mol. The molecule has 1 heterocycles. The molecule has 0 radical (unpaired) electrons. The molecular formula is C17H22N2S. The predicted molar refractivity (Wildman–Crippen MR) is 85.8 cm³/mol. The van der Waals surface area contributed by atoms with Crippen LogP contribution in [-0.4, -0.2) is 11.0 Å². The van der Waals surface area contributed by atoms with Gasteiger partial charge in [-0.1, -0.05) is 44.2 Å². The van der Waals surface area contributed by atoms with Crippen molar-refractivity contribution in [2.24, 2.45) is 5.41 Å². The monoisotopic (exact) mass is 286 g/mol. The van der Waals surface area contributed by atoms with E-state index in [0.717, 1.165) is 12.2 Å². The highest BCUT2D eigenvalue weighted by atomic mass is 32.1. The van der Waals surface area contributed by atoms with Crippen molar-refractivity contribution in [1.29, 1.82) is 0 Å². The lowest BCUT2D eigenvalue weighted by Gasteiger charge is -2.17. The lowest BCUT2D eigenvalue weighted by Crippen LogP contribution is -2.26. The maximum atomic E-state index is 4.73. The molecule has 0 saturated heterocycles. The Hall–Kier alpha value is -1.19. The van der Waals surface area contributed by atoms with Crippen LogP contribution in [0.25, 0.3) is 11.3 Å². The lowest BCUT2D eigenvalue weighted by molar-refractivity contribution is 0.364. The summed E-state index contributed by atoms with van der Waals surface area (Å²) < 4.78 is 0. The highest BCUT2D eigenvalue weighted by Crippen LogP contribution is 2.37. The zero-order valence-electron chi connectivity index (χ0n) is 12.2. The summed E-state index contributed by atoms with van der Waals surface area (Å²) in [6.07, 6.45) is 3.91. The maximum absolute atomic E-state index is 4.73. The molecule has 1 unspecified atom stereocenters. The quantitative estimate of drug-likeness (QED) is 0.896. The molecule has 0 bridgehead atoms. The number of nitrogens with one attached hydrogen (secondary N) is 1. The van der Waals surface area contributed by atoms with E-state index in [1.807, 2.05) is 6.07 Å². The number of hydrogen-bond donors (Lipinski definition) is 1. The van der Waals surface area contributed by atoms with Crippen molar-refractivity contribution in [1.82, 2.24) is 10.3 Å². The third kappa shape index (κ3) is 3.28. The van der Waals surface area contributed by atoms with Crippen LogP contribution in [0.2, 0.25) is 0 Å². The van der Waals surface area contributed by atoms with Gasteiger partial charge < -0.3 is 5.32 Å². The molecule has 0 spiro atoms. The maximum Gasteiger partial charge on any atom is 0.107 e. The van der Waals surface area contributed by atoms with E-state index < -0.39 is 0 Å². The van der Waals surface area contributed by atoms with Crippen LogP contribution >= 0.6 is 11.3 Å². The van der Waals surface area contributed by atoms with E-state index in [1.54, 1.807) is 11.3 Å². The van der Waals surface area contributed by atoms with Crippen LogP contribution in [0.5, 0.6) is 0 Å². The topological polar surface area (TPSA) is 24.9 Å². The molecule has 0 aliphatic heterocycles. The normalized spacial score (nSPS) is 21.2. The molecule has 106 valence electrons. The van der Waals surface area contributed by atoms with Gasteiger partial charge >= 0.3 is 0 Å². The Bertz CT molecular complexity index is 559. The fraction of sp³-hybridized carbons (Fsp3) is 0.471. The molecule has 3 heteroatoms. The molecule has 2 nitrogen and oxygen atoms in total. The first-order chi connectivity index (χ1) is 9.62. The summed E-state index contributed by atoms with van der Waals surface area (Å²) in [5.41, 5.74) is 2.81. The van der Waals surface area contributed by atoms with Gasteiger partial charge in [-0.15, -0.1) is 11.3 Å². The fourth-order valence-electron chi connectivity index (χ4n) is 2.98. The van der Waals surface area contributed by atoms with Crippen molar-refractivity contribution < 1.29 is 0 Å². The molecule has 1 atom stereocenters. The number of rotatable bonds is 4. The van der Waals surface area contributed by atoms with Gasteiger partial charge in [0.2, 0.25) is 0 Å². The number of hydrogen-bond acceptors (Lipinski definition) is 3. The molecule has 0 amide bonds. The molecule has 1 saturated carbocycles. The standard InChI is InChI=1S/C17H22N2S/c1-17(2)9-8-14(10-17)18-11-16-19-15(12-20-16)13-6-4-3-5-7-13/h3-7,12,14,18H,8-11H2,1-2H3. The van der Waals surface area contributed by atoms with E-state index >= 15 is 0 Å². The molecule has 3 rings (SSSR count). The molecule has 1 N–H and O–H groups in total. The van der Waals surface area contributed by atoms with E-state index in [4.69, 9.17) is 4.98 Å². The summed E-state index contributed by atoms with van der Waals surface area (Å²) in [5.74, 6) is 0. The molecule has 1 fully saturated rings. The molecule has 1 aliphatic rings. The Labute approximate surface area is 125 Å². The third-order valence-electron chi connectivity index (χ3n) is 4.13. The Kier molecular flexibility index (Phi) is 3.90. The zero-order valence-corrected chi connectivity index (χ0v) is 13.0. The number of aromatic nitrogens is 1.